The van der Waals surface area contributed by atoms with Crippen molar-refractivity contribution >= 4 is 32.9 Å². The van der Waals surface area contributed by atoms with E-state index in [0.29, 0.717) is 33.4 Å². The molecule has 17 heavy (non-hydrogen) atoms. The van der Waals surface area contributed by atoms with Crippen LogP contribution in [-0.4, -0.2) is 17.7 Å². The van der Waals surface area contributed by atoms with Crippen molar-refractivity contribution in [3.63, 3.8) is 0 Å². The van der Waals surface area contributed by atoms with Gasteiger partial charge in [-0.05, 0) is 41.9 Å². The number of benzene rings is 1. The van der Waals surface area contributed by atoms with Crippen LogP contribution in [0.25, 0.3) is 11.0 Å². The summed E-state index contributed by atoms with van der Waals surface area (Å²) in [6.07, 6.45) is 0. The van der Waals surface area contributed by atoms with Gasteiger partial charge in [-0.2, -0.15) is 0 Å². The highest BCUT2D eigenvalue weighted by atomic mass is 79.9. The third kappa shape index (κ3) is 1.91. The van der Waals surface area contributed by atoms with Gasteiger partial charge >= 0.3 is 5.97 Å². The van der Waals surface area contributed by atoms with E-state index in [1.807, 2.05) is 0 Å². The normalized spacial score (nSPS) is 10.8. The van der Waals surface area contributed by atoms with Crippen LogP contribution in [0.3, 0.4) is 0 Å². The summed E-state index contributed by atoms with van der Waals surface area (Å²) in [5, 5.41) is 10.2. The van der Waals surface area contributed by atoms with Gasteiger partial charge in [0.15, 0.2) is 0 Å². The number of carbonyl (C=O) groups is 1. The molecule has 0 fully saturated rings. The Morgan fingerprint density at radius 2 is 2.24 bits per heavy atom. The minimum Gasteiger partial charge on any atom is -0.507 e. The zero-order valence-electron chi connectivity index (χ0n) is 9.41. The van der Waals surface area contributed by atoms with Gasteiger partial charge in [-0.25, -0.2) is 4.79 Å². The molecule has 2 aromatic rings. The molecular formula is C12H11BrO4. The zero-order valence-corrected chi connectivity index (χ0v) is 11.0. The summed E-state index contributed by atoms with van der Waals surface area (Å²) < 4.78 is 10.9. The molecule has 1 aromatic carbocycles. The first kappa shape index (κ1) is 12.0. The van der Waals surface area contributed by atoms with E-state index < -0.39 is 5.97 Å². The number of fused-ring (bicyclic) bond motifs is 1. The first-order chi connectivity index (χ1) is 8.06. The molecule has 1 N–H and O–H groups in total. The summed E-state index contributed by atoms with van der Waals surface area (Å²) in [6.45, 7) is 3.72. The highest BCUT2D eigenvalue weighted by Crippen LogP contribution is 2.37. The first-order valence-electron chi connectivity index (χ1n) is 5.14. The van der Waals surface area contributed by atoms with Gasteiger partial charge in [0.25, 0.3) is 0 Å². The van der Waals surface area contributed by atoms with Gasteiger partial charge in [-0.15, -0.1) is 0 Å². The first-order valence-corrected chi connectivity index (χ1v) is 5.93. The number of hydrogen-bond donors (Lipinski definition) is 1. The molecule has 0 radical (unpaired) electrons. The summed E-state index contributed by atoms with van der Waals surface area (Å²) in [5.74, 6) is 0.0867. The molecule has 5 heteroatoms. The average molecular weight is 299 g/mol. The van der Waals surface area contributed by atoms with Crippen molar-refractivity contribution in [3.05, 3.63) is 27.9 Å². The van der Waals surface area contributed by atoms with Crippen LogP contribution in [0.1, 0.15) is 23.0 Å². The molecule has 0 bridgehead atoms. The number of halogens is 1. The number of phenols is 1. The average Bonchev–Trinajstić information content (AvgIpc) is 2.61. The SMILES string of the molecule is CCOC(=O)c1c(C)oc2ccc(O)c(Br)c12. The van der Waals surface area contributed by atoms with E-state index in [9.17, 15) is 9.90 Å². The fourth-order valence-electron chi connectivity index (χ4n) is 1.71. The number of ether oxygens (including phenoxy) is 1. The number of carbonyl (C=O) groups excluding carboxylic acids is 1. The van der Waals surface area contributed by atoms with E-state index in [1.165, 1.54) is 6.07 Å². The highest BCUT2D eigenvalue weighted by molar-refractivity contribution is 9.10. The van der Waals surface area contributed by atoms with Gasteiger partial charge in [0.2, 0.25) is 0 Å². The molecule has 0 spiro atoms. The molecule has 0 saturated carbocycles. The smallest absolute Gasteiger partial charge is 0.342 e. The van der Waals surface area contributed by atoms with E-state index >= 15 is 0 Å². The standard InChI is InChI=1S/C12H11BrO4/c1-3-16-12(15)9-6(2)17-8-5-4-7(14)11(13)10(8)9/h4-5,14H,3H2,1-2H3. The van der Waals surface area contributed by atoms with E-state index in [-0.39, 0.29) is 5.75 Å². The van der Waals surface area contributed by atoms with E-state index in [1.54, 1.807) is 19.9 Å². The Kier molecular flexibility index (Phi) is 3.11. The summed E-state index contributed by atoms with van der Waals surface area (Å²) in [6, 6.07) is 3.12. The minimum atomic E-state index is -0.449. The van der Waals surface area contributed by atoms with Crippen LogP contribution < -0.4 is 0 Å². The Morgan fingerprint density at radius 1 is 1.53 bits per heavy atom. The van der Waals surface area contributed by atoms with Crippen LogP contribution >= 0.6 is 15.9 Å². The Morgan fingerprint density at radius 3 is 2.88 bits per heavy atom. The molecule has 0 unspecified atom stereocenters. The molecule has 0 aliphatic heterocycles. The maximum absolute atomic E-state index is 11.8. The Bertz CT molecular complexity index is 586. The molecule has 1 aromatic heterocycles. The number of rotatable bonds is 2. The predicted octanol–water partition coefficient (Wildman–Crippen LogP) is 3.39. The van der Waals surface area contributed by atoms with Gasteiger partial charge in [-0.3, -0.25) is 0 Å². The zero-order chi connectivity index (χ0) is 12.6. The second-order valence-electron chi connectivity index (χ2n) is 3.53. The number of hydrogen-bond acceptors (Lipinski definition) is 4. The number of furan rings is 1. The van der Waals surface area contributed by atoms with Crippen LogP contribution in [0, 0.1) is 6.92 Å². The van der Waals surface area contributed by atoms with Crippen molar-refractivity contribution in [1.29, 1.82) is 0 Å². The van der Waals surface area contributed by atoms with Gasteiger partial charge in [0.1, 0.15) is 22.7 Å². The molecule has 1 heterocycles. The number of aromatic hydroxyl groups is 1. The third-order valence-electron chi connectivity index (χ3n) is 2.43. The quantitative estimate of drug-likeness (QED) is 0.864. The molecule has 4 nitrogen and oxygen atoms in total. The molecule has 2 rings (SSSR count). The molecule has 0 atom stereocenters. The van der Waals surface area contributed by atoms with E-state index in [2.05, 4.69) is 15.9 Å². The Balaban J connectivity index is 2.73. The largest absolute Gasteiger partial charge is 0.507 e. The summed E-state index contributed by atoms with van der Waals surface area (Å²) in [7, 11) is 0. The van der Waals surface area contributed by atoms with Gasteiger partial charge in [-0.1, -0.05) is 0 Å². The van der Waals surface area contributed by atoms with Gasteiger partial charge in [0, 0.05) is 0 Å². The van der Waals surface area contributed by atoms with Crippen molar-refractivity contribution < 1.29 is 19.1 Å². The fraction of sp³-hybridized carbons (Fsp3) is 0.250. The van der Waals surface area contributed by atoms with Crippen LogP contribution in [-0.2, 0) is 4.74 Å². The Hall–Kier alpha value is -1.49. The lowest BCUT2D eigenvalue weighted by Gasteiger charge is -2.02. The molecular weight excluding hydrogens is 288 g/mol. The van der Waals surface area contributed by atoms with Crippen molar-refractivity contribution in [1.82, 2.24) is 0 Å². The fourth-order valence-corrected chi connectivity index (χ4v) is 2.23. The lowest BCUT2D eigenvalue weighted by Crippen LogP contribution is -2.05. The second kappa shape index (κ2) is 4.41. The maximum atomic E-state index is 11.8. The van der Waals surface area contributed by atoms with Gasteiger partial charge in [0.05, 0.1) is 16.5 Å². The van der Waals surface area contributed by atoms with Crippen LogP contribution in [0.15, 0.2) is 21.0 Å². The van der Waals surface area contributed by atoms with Crippen molar-refractivity contribution in [2.24, 2.45) is 0 Å². The highest BCUT2D eigenvalue weighted by Gasteiger charge is 2.22. The summed E-state index contributed by atoms with van der Waals surface area (Å²) >= 11 is 3.25. The lowest BCUT2D eigenvalue weighted by molar-refractivity contribution is 0.0526. The van der Waals surface area contributed by atoms with Crippen molar-refractivity contribution in [3.8, 4) is 5.75 Å². The number of phenolic OH excluding ortho intramolecular Hbond substituents is 1. The van der Waals surface area contributed by atoms with Crippen molar-refractivity contribution in [2.75, 3.05) is 6.61 Å². The lowest BCUT2D eigenvalue weighted by atomic mass is 10.1. The van der Waals surface area contributed by atoms with Crippen LogP contribution in [0.2, 0.25) is 0 Å². The number of esters is 1. The summed E-state index contributed by atoms with van der Waals surface area (Å²) in [4.78, 5) is 11.8. The maximum Gasteiger partial charge on any atom is 0.342 e. The summed E-state index contributed by atoms with van der Waals surface area (Å²) in [5.41, 5.74) is 0.889. The van der Waals surface area contributed by atoms with Gasteiger partial charge < -0.3 is 14.3 Å². The molecule has 0 amide bonds. The van der Waals surface area contributed by atoms with Crippen LogP contribution in [0.5, 0.6) is 5.75 Å². The topological polar surface area (TPSA) is 59.7 Å². The van der Waals surface area contributed by atoms with E-state index in [4.69, 9.17) is 9.15 Å². The second-order valence-corrected chi connectivity index (χ2v) is 4.32. The molecule has 90 valence electrons. The molecule has 0 aliphatic carbocycles. The predicted molar refractivity (Wildman–Crippen MR) is 66.3 cm³/mol. The Labute approximate surface area is 106 Å². The number of aryl methyl sites for hydroxylation is 1. The molecule has 0 saturated heterocycles. The molecule has 0 aliphatic rings. The van der Waals surface area contributed by atoms with Crippen molar-refractivity contribution in [2.45, 2.75) is 13.8 Å². The minimum absolute atomic E-state index is 0.0591. The third-order valence-corrected chi connectivity index (χ3v) is 3.23. The monoisotopic (exact) mass is 298 g/mol. The van der Waals surface area contributed by atoms with Crippen LogP contribution in [0.4, 0.5) is 0 Å². The van der Waals surface area contributed by atoms with E-state index in [0.717, 1.165) is 0 Å².